The fraction of sp³-hybridized carbons (Fsp3) is 0.300. The molecular formula is C20H21NO5S. The van der Waals surface area contributed by atoms with E-state index in [-0.39, 0.29) is 17.9 Å². The van der Waals surface area contributed by atoms with E-state index in [1.54, 1.807) is 25.3 Å². The molecule has 1 amide bonds. The number of benzene rings is 1. The van der Waals surface area contributed by atoms with Crippen molar-refractivity contribution in [1.29, 1.82) is 0 Å². The number of carbonyl (C=O) groups is 2. The smallest absolute Gasteiger partial charge is 0.295 e. The van der Waals surface area contributed by atoms with Crippen molar-refractivity contribution in [3.8, 4) is 5.75 Å². The minimum atomic E-state index is -0.683. The molecule has 7 heteroatoms. The third-order valence-corrected chi connectivity index (χ3v) is 5.50. The van der Waals surface area contributed by atoms with E-state index in [1.807, 2.05) is 24.4 Å². The van der Waals surface area contributed by atoms with Crippen molar-refractivity contribution in [2.45, 2.75) is 13.0 Å². The predicted molar refractivity (Wildman–Crippen MR) is 103 cm³/mol. The second-order valence-corrected chi connectivity index (χ2v) is 7.16. The van der Waals surface area contributed by atoms with Crippen LogP contribution in [-0.2, 0) is 14.3 Å². The summed E-state index contributed by atoms with van der Waals surface area (Å²) in [6.45, 7) is 2.39. The maximum Gasteiger partial charge on any atom is 0.295 e. The van der Waals surface area contributed by atoms with Crippen molar-refractivity contribution in [3.05, 3.63) is 57.3 Å². The minimum Gasteiger partial charge on any atom is -0.507 e. The highest BCUT2D eigenvalue weighted by molar-refractivity contribution is 7.10. The van der Waals surface area contributed by atoms with Gasteiger partial charge in [0.1, 0.15) is 11.5 Å². The van der Waals surface area contributed by atoms with Gasteiger partial charge >= 0.3 is 0 Å². The molecule has 27 heavy (non-hydrogen) atoms. The van der Waals surface area contributed by atoms with E-state index in [4.69, 9.17) is 9.47 Å². The van der Waals surface area contributed by atoms with Crippen molar-refractivity contribution >= 4 is 28.8 Å². The first kappa shape index (κ1) is 19.1. The number of aryl methyl sites for hydroxylation is 1. The molecule has 142 valence electrons. The summed E-state index contributed by atoms with van der Waals surface area (Å²) in [6, 6.07) is 8.27. The summed E-state index contributed by atoms with van der Waals surface area (Å²) in [4.78, 5) is 27.7. The topological polar surface area (TPSA) is 76.1 Å². The summed E-state index contributed by atoms with van der Waals surface area (Å²) < 4.78 is 10.3. The number of methoxy groups -OCH3 is 2. The highest BCUT2D eigenvalue weighted by atomic mass is 32.1. The van der Waals surface area contributed by atoms with Crippen LogP contribution in [0.2, 0.25) is 0 Å². The lowest BCUT2D eigenvalue weighted by Crippen LogP contribution is -2.32. The summed E-state index contributed by atoms with van der Waals surface area (Å²) in [6.07, 6.45) is 0. The molecular weight excluding hydrogens is 366 g/mol. The summed E-state index contributed by atoms with van der Waals surface area (Å²) in [5.74, 6) is -0.832. The van der Waals surface area contributed by atoms with Crippen LogP contribution in [0.4, 0.5) is 0 Å². The Kier molecular flexibility index (Phi) is 5.62. The van der Waals surface area contributed by atoms with Gasteiger partial charge in [-0.05, 0) is 42.1 Å². The van der Waals surface area contributed by atoms with Gasteiger partial charge in [0.25, 0.3) is 11.7 Å². The van der Waals surface area contributed by atoms with Gasteiger partial charge in [0.15, 0.2) is 0 Å². The average Bonchev–Trinajstić information content (AvgIpc) is 3.27. The first-order valence-corrected chi connectivity index (χ1v) is 9.33. The third kappa shape index (κ3) is 3.48. The van der Waals surface area contributed by atoms with Gasteiger partial charge in [-0.15, -0.1) is 11.3 Å². The number of aliphatic hydroxyl groups is 1. The van der Waals surface area contributed by atoms with Crippen LogP contribution in [0, 0.1) is 6.92 Å². The molecule has 0 spiro atoms. The Morgan fingerprint density at radius 2 is 2.04 bits per heavy atom. The second-order valence-electron chi connectivity index (χ2n) is 6.18. The molecule has 1 atom stereocenters. The molecule has 6 nitrogen and oxygen atoms in total. The lowest BCUT2D eigenvalue weighted by Gasteiger charge is -2.23. The van der Waals surface area contributed by atoms with Gasteiger partial charge in [-0.25, -0.2) is 0 Å². The number of aliphatic hydroxyl groups excluding tert-OH is 1. The van der Waals surface area contributed by atoms with Crippen LogP contribution in [0.25, 0.3) is 5.76 Å². The summed E-state index contributed by atoms with van der Waals surface area (Å²) >= 11 is 1.44. The Labute approximate surface area is 161 Å². The Morgan fingerprint density at radius 3 is 2.63 bits per heavy atom. The number of amides is 1. The number of thiophene rings is 1. The van der Waals surface area contributed by atoms with Gasteiger partial charge in [-0.2, -0.15) is 0 Å². The van der Waals surface area contributed by atoms with E-state index >= 15 is 0 Å². The molecule has 1 aromatic heterocycles. The maximum absolute atomic E-state index is 12.8. The van der Waals surface area contributed by atoms with E-state index < -0.39 is 17.7 Å². The van der Waals surface area contributed by atoms with Crippen molar-refractivity contribution in [2.75, 3.05) is 27.4 Å². The molecule has 0 unspecified atom stereocenters. The average molecular weight is 387 g/mol. The monoisotopic (exact) mass is 387 g/mol. The van der Waals surface area contributed by atoms with Crippen LogP contribution in [0.5, 0.6) is 5.75 Å². The molecule has 0 aliphatic carbocycles. The second kappa shape index (κ2) is 7.94. The first-order chi connectivity index (χ1) is 13.0. The lowest BCUT2D eigenvalue weighted by atomic mass is 9.97. The number of nitrogens with zero attached hydrogens (tertiary/aromatic N) is 1. The van der Waals surface area contributed by atoms with E-state index in [0.717, 1.165) is 10.4 Å². The van der Waals surface area contributed by atoms with E-state index in [1.165, 1.54) is 23.3 Å². The zero-order valence-corrected chi connectivity index (χ0v) is 16.2. The molecule has 1 aliphatic heterocycles. The Hall–Kier alpha value is -2.64. The zero-order valence-electron chi connectivity index (χ0n) is 15.4. The molecule has 2 aromatic rings. The fourth-order valence-corrected chi connectivity index (χ4v) is 4.06. The number of ketones is 1. The Balaban J connectivity index is 2.14. The van der Waals surface area contributed by atoms with Crippen molar-refractivity contribution in [2.24, 2.45) is 0 Å². The SMILES string of the molecule is COCCN1C(=O)C(=O)C(=C(O)c2ccc(OC)cc2C)[C@@H]1c1cccs1. The molecule has 2 heterocycles. The number of carbonyl (C=O) groups excluding carboxylic acids is 2. The van der Waals surface area contributed by atoms with Gasteiger partial charge in [0.2, 0.25) is 0 Å². The van der Waals surface area contributed by atoms with Gasteiger partial charge in [0.05, 0.1) is 25.3 Å². The van der Waals surface area contributed by atoms with E-state index in [2.05, 4.69) is 0 Å². The number of hydrogen-bond donors (Lipinski definition) is 1. The van der Waals surface area contributed by atoms with Crippen LogP contribution in [-0.4, -0.2) is 49.1 Å². The molecule has 0 bridgehead atoms. The van der Waals surface area contributed by atoms with Gasteiger partial charge < -0.3 is 19.5 Å². The molecule has 0 saturated carbocycles. The van der Waals surface area contributed by atoms with Crippen LogP contribution in [0.1, 0.15) is 22.0 Å². The molecule has 1 fully saturated rings. The molecule has 1 N–H and O–H groups in total. The van der Waals surface area contributed by atoms with Crippen LogP contribution < -0.4 is 4.74 Å². The van der Waals surface area contributed by atoms with Crippen LogP contribution >= 0.6 is 11.3 Å². The summed E-state index contributed by atoms with van der Waals surface area (Å²) in [5.41, 5.74) is 1.36. The number of Topliss-reactive ketones (excluding diaryl/α,β-unsaturated/α-hetero) is 1. The standard InChI is InChI=1S/C20H21NO5S/c1-12-11-13(26-3)6-7-14(12)18(22)16-17(15-5-4-10-27-15)21(8-9-25-2)20(24)19(16)23/h4-7,10-11,17,22H,8-9H2,1-3H3/t17-/m0/s1. The highest BCUT2D eigenvalue weighted by Gasteiger charge is 2.46. The highest BCUT2D eigenvalue weighted by Crippen LogP contribution is 2.41. The number of ether oxygens (including phenoxy) is 2. The normalized spacial score (nSPS) is 18.9. The molecule has 0 radical (unpaired) electrons. The molecule has 1 saturated heterocycles. The van der Waals surface area contributed by atoms with Crippen molar-refractivity contribution < 1.29 is 24.2 Å². The number of rotatable bonds is 6. The first-order valence-electron chi connectivity index (χ1n) is 8.45. The molecule has 3 rings (SSSR count). The minimum absolute atomic E-state index is 0.104. The lowest BCUT2D eigenvalue weighted by molar-refractivity contribution is -0.140. The third-order valence-electron chi connectivity index (χ3n) is 4.58. The Morgan fingerprint density at radius 1 is 1.26 bits per heavy atom. The number of likely N-dealkylation sites (tertiary alicyclic amines) is 1. The fourth-order valence-electron chi connectivity index (χ4n) is 3.22. The predicted octanol–water partition coefficient (Wildman–Crippen LogP) is 3.13. The number of hydrogen-bond acceptors (Lipinski definition) is 6. The quantitative estimate of drug-likeness (QED) is 0.468. The van der Waals surface area contributed by atoms with Gasteiger partial charge in [0, 0.05) is 24.1 Å². The largest absolute Gasteiger partial charge is 0.507 e. The van der Waals surface area contributed by atoms with Crippen LogP contribution in [0.3, 0.4) is 0 Å². The summed E-state index contributed by atoms with van der Waals surface area (Å²) in [5, 5.41) is 12.9. The summed E-state index contributed by atoms with van der Waals surface area (Å²) in [7, 11) is 3.10. The molecule has 1 aliphatic rings. The van der Waals surface area contributed by atoms with Gasteiger partial charge in [-0.3, -0.25) is 9.59 Å². The van der Waals surface area contributed by atoms with Crippen LogP contribution in [0.15, 0.2) is 41.3 Å². The van der Waals surface area contributed by atoms with Gasteiger partial charge in [-0.1, -0.05) is 6.07 Å². The van der Waals surface area contributed by atoms with E-state index in [0.29, 0.717) is 17.9 Å². The van der Waals surface area contributed by atoms with Crippen molar-refractivity contribution in [1.82, 2.24) is 4.90 Å². The Bertz CT molecular complexity index is 888. The maximum atomic E-state index is 12.8. The molecule has 1 aromatic carbocycles. The van der Waals surface area contributed by atoms with Crippen molar-refractivity contribution in [3.63, 3.8) is 0 Å². The zero-order chi connectivity index (χ0) is 19.6. The van der Waals surface area contributed by atoms with E-state index in [9.17, 15) is 14.7 Å².